The van der Waals surface area contributed by atoms with E-state index in [2.05, 4.69) is 5.32 Å². The lowest BCUT2D eigenvalue weighted by atomic mass is 9.99. The molecule has 0 radical (unpaired) electrons. The highest BCUT2D eigenvalue weighted by Crippen LogP contribution is 2.16. The van der Waals surface area contributed by atoms with Crippen molar-refractivity contribution in [1.29, 1.82) is 0 Å². The lowest BCUT2D eigenvalue weighted by molar-refractivity contribution is -0.118. The molecule has 110 valence electrons. The van der Waals surface area contributed by atoms with Crippen molar-refractivity contribution in [2.24, 2.45) is 5.73 Å². The van der Waals surface area contributed by atoms with E-state index in [1.165, 1.54) is 6.07 Å². The lowest BCUT2D eigenvalue weighted by Crippen LogP contribution is -2.48. The average molecular weight is 283 g/mol. The van der Waals surface area contributed by atoms with Crippen molar-refractivity contribution in [2.45, 2.75) is 31.8 Å². The molecule has 1 fully saturated rings. The molecule has 0 aliphatic carbocycles. The van der Waals surface area contributed by atoms with E-state index in [0.29, 0.717) is 0 Å². The highest BCUT2D eigenvalue weighted by atomic mass is 19.2. The number of carbonyl (C=O) groups excluding carboxylic acids is 1. The molecule has 1 aliphatic heterocycles. The summed E-state index contributed by atoms with van der Waals surface area (Å²) in [5.41, 5.74) is 6.13. The average Bonchev–Trinajstić information content (AvgIpc) is 2.37. The summed E-state index contributed by atoms with van der Waals surface area (Å²) in [6.45, 7) is 3.03. The molecule has 3 N–H and O–H groups in total. The molecule has 1 aliphatic rings. The Morgan fingerprint density at radius 1 is 1.45 bits per heavy atom. The zero-order chi connectivity index (χ0) is 14.7. The third-order valence-electron chi connectivity index (χ3n) is 3.60. The summed E-state index contributed by atoms with van der Waals surface area (Å²) in [5, 5.41) is 2.57. The van der Waals surface area contributed by atoms with Gasteiger partial charge in [-0.3, -0.25) is 9.69 Å². The van der Waals surface area contributed by atoms with Crippen molar-refractivity contribution in [3.05, 3.63) is 29.8 Å². The van der Waals surface area contributed by atoms with Crippen LogP contribution in [0.3, 0.4) is 0 Å². The number of anilines is 1. The standard InChI is InChI=1S/C14H19F2N3O/c1-9-6-10(17)4-5-19(9)8-14(20)18-11-2-3-12(15)13(16)7-11/h2-3,7,9-10H,4-6,8,17H2,1H3,(H,18,20). The number of amides is 1. The van der Waals surface area contributed by atoms with E-state index >= 15 is 0 Å². The number of nitrogens with zero attached hydrogens (tertiary/aromatic N) is 1. The smallest absolute Gasteiger partial charge is 0.238 e. The molecular weight excluding hydrogens is 264 g/mol. The van der Waals surface area contributed by atoms with Crippen molar-refractivity contribution in [3.63, 3.8) is 0 Å². The van der Waals surface area contributed by atoms with Crippen LogP contribution in [-0.2, 0) is 4.79 Å². The maximum Gasteiger partial charge on any atom is 0.238 e. The lowest BCUT2D eigenvalue weighted by Gasteiger charge is -2.35. The largest absolute Gasteiger partial charge is 0.328 e. The Hall–Kier alpha value is -1.53. The molecule has 4 nitrogen and oxygen atoms in total. The fraction of sp³-hybridized carbons (Fsp3) is 0.500. The molecule has 1 aromatic carbocycles. The summed E-state index contributed by atoms with van der Waals surface area (Å²) in [6.07, 6.45) is 1.72. The summed E-state index contributed by atoms with van der Waals surface area (Å²) in [5.74, 6) is -2.14. The van der Waals surface area contributed by atoms with Crippen LogP contribution in [0.5, 0.6) is 0 Å². The number of hydrogen-bond acceptors (Lipinski definition) is 3. The summed E-state index contributed by atoms with van der Waals surface area (Å²) >= 11 is 0. The molecule has 6 heteroatoms. The van der Waals surface area contributed by atoms with Crippen LogP contribution in [0.2, 0.25) is 0 Å². The summed E-state index contributed by atoms with van der Waals surface area (Å²) < 4.78 is 25.8. The van der Waals surface area contributed by atoms with Gasteiger partial charge in [0.2, 0.25) is 5.91 Å². The third-order valence-corrected chi connectivity index (χ3v) is 3.60. The Morgan fingerprint density at radius 3 is 2.85 bits per heavy atom. The third kappa shape index (κ3) is 3.74. The van der Waals surface area contributed by atoms with Crippen LogP contribution in [0.15, 0.2) is 18.2 Å². The number of nitrogens with one attached hydrogen (secondary N) is 1. The van der Waals surface area contributed by atoms with Crippen LogP contribution in [0.1, 0.15) is 19.8 Å². The molecule has 1 amide bonds. The first-order valence-corrected chi connectivity index (χ1v) is 6.70. The second-order valence-electron chi connectivity index (χ2n) is 5.28. The van der Waals surface area contributed by atoms with E-state index in [9.17, 15) is 13.6 Å². The molecule has 2 atom stereocenters. The Labute approximate surface area is 116 Å². The van der Waals surface area contributed by atoms with Gasteiger partial charge in [-0.1, -0.05) is 0 Å². The Morgan fingerprint density at radius 2 is 2.20 bits per heavy atom. The molecule has 1 saturated heterocycles. The predicted molar refractivity (Wildman–Crippen MR) is 73.2 cm³/mol. The van der Waals surface area contributed by atoms with E-state index in [0.717, 1.165) is 31.5 Å². The minimum absolute atomic E-state index is 0.190. The summed E-state index contributed by atoms with van der Waals surface area (Å²) in [6, 6.07) is 3.74. The quantitative estimate of drug-likeness (QED) is 0.888. The molecule has 2 unspecified atom stereocenters. The first kappa shape index (κ1) is 14.9. The van der Waals surface area contributed by atoms with Crippen LogP contribution in [0.4, 0.5) is 14.5 Å². The fourth-order valence-electron chi connectivity index (χ4n) is 2.45. The van der Waals surface area contributed by atoms with E-state index in [1.807, 2.05) is 11.8 Å². The van der Waals surface area contributed by atoms with Gasteiger partial charge < -0.3 is 11.1 Å². The van der Waals surface area contributed by atoms with E-state index < -0.39 is 11.6 Å². The van der Waals surface area contributed by atoms with Gasteiger partial charge in [-0.2, -0.15) is 0 Å². The maximum absolute atomic E-state index is 13.0. The van der Waals surface area contributed by atoms with Gasteiger partial charge in [-0.15, -0.1) is 0 Å². The minimum atomic E-state index is -0.972. The molecule has 1 aromatic rings. The first-order chi connectivity index (χ1) is 9.45. The van der Waals surface area contributed by atoms with Crippen LogP contribution in [-0.4, -0.2) is 36.0 Å². The van der Waals surface area contributed by atoms with Gasteiger partial charge >= 0.3 is 0 Å². The number of halogens is 2. The molecule has 2 rings (SSSR count). The molecule has 0 spiro atoms. The Kier molecular flexibility index (Phi) is 4.67. The SMILES string of the molecule is CC1CC(N)CCN1CC(=O)Nc1ccc(F)c(F)c1. The second kappa shape index (κ2) is 6.28. The zero-order valence-corrected chi connectivity index (χ0v) is 11.4. The van der Waals surface area contributed by atoms with Crippen molar-refractivity contribution in [3.8, 4) is 0 Å². The van der Waals surface area contributed by atoms with Gasteiger partial charge in [-0.05, 0) is 31.9 Å². The first-order valence-electron chi connectivity index (χ1n) is 6.70. The van der Waals surface area contributed by atoms with Crippen molar-refractivity contribution in [2.75, 3.05) is 18.4 Å². The van der Waals surface area contributed by atoms with E-state index in [4.69, 9.17) is 5.73 Å². The summed E-state index contributed by atoms with van der Waals surface area (Å²) in [4.78, 5) is 13.9. The fourth-order valence-corrected chi connectivity index (χ4v) is 2.45. The van der Waals surface area contributed by atoms with E-state index in [1.54, 1.807) is 0 Å². The second-order valence-corrected chi connectivity index (χ2v) is 5.28. The number of piperidine rings is 1. The van der Waals surface area contributed by atoms with Crippen molar-refractivity contribution >= 4 is 11.6 Å². The Balaban J connectivity index is 1.90. The van der Waals surface area contributed by atoms with Gasteiger partial charge in [0, 0.05) is 30.4 Å². The normalized spacial score (nSPS) is 23.6. The number of rotatable bonds is 3. The number of likely N-dealkylation sites (tertiary alicyclic amines) is 1. The highest BCUT2D eigenvalue weighted by molar-refractivity contribution is 5.92. The molecular formula is C14H19F2N3O. The number of nitrogens with two attached hydrogens (primary N) is 1. The van der Waals surface area contributed by atoms with Crippen LogP contribution in [0.25, 0.3) is 0 Å². The number of hydrogen-bond donors (Lipinski definition) is 2. The van der Waals surface area contributed by atoms with Crippen LogP contribution < -0.4 is 11.1 Å². The topological polar surface area (TPSA) is 58.4 Å². The maximum atomic E-state index is 13.0. The zero-order valence-electron chi connectivity index (χ0n) is 11.4. The van der Waals surface area contributed by atoms with Gasteiger partial charge in [0.1, 0.15) is 0 Å². The monoisotopic (exact) mass is 283 g/mol. The summed E-state index contributed by atoms with van der Waals surface area (Å²) in [7, 11) is 0. The predicted octanol–water partition coefficient (Wildman–Crippen LogP) is 1.71. The van der Waals surface area contributed by atoms with Crippen molar-refractivity contribution in [1.82, 2.24) is 4.90 Å². The molecule has 0 aromatic heterocycles. The highest BCUT2D eigenvalue weighted by Gasteiger charge is 2.24. The van der Waals surface area contributed by atoms with Gasteiger partial charge in [0.15, 0.2) is 11.6 Å². The van der Waals surface area contributed by atoms with Gasteiger partial charge in [0.05, 0.1) is 6.54 Å². The van der Waals surface area contributed by atoms with Gasteiger partial charge in [-0.25, -0.2) is 8.78 Å². The van der Waals surface area contributed by atoms with Crippen molar-refractivity contribution < 1.29 is 13.6 Å². The molecule has 0 bridgehead atoms. The van der Waals surface area contributed by atoms with E-state index in [-0.39, 0.29) is 30.2 Å². The number of carbonyl (C=O) groups is 1. The number of benzene rings is 1. The molecule has 0 saturated carbocycles. The minimum Gasteiger partial charge on any atom is -0.328 e. The Bertz CT molecular complexity index is 495. The van der Waals surface area contributed by atoms with Crippen LogP contribution in [0, 0.1) is 11.6 Å². The van der Waals surface area contributed by atoms with Crippen LogP contribution >= 0.6 is 0 Å². The molecule has 1 heterocycles. The van der Waals surface area contributed by atoms with Gasteiger partial charge in [0.25, 0.3) is 0 Å². The molecule has 20 heavy (non-hydrogen) atoms.